The highest BCUT2D eigenvalue weighted by atomic mass is 16.3. The topological polar surface area (TPSA) is 44.1 Å². The molecule has 0 saturated carbocycles. The van der Waals surface area contributed by atoms with Gasteiger partial charge in [-0.2, -0.15) is 0 Å². The Labute approximate surface area is 101 Å². The van der Waals surface area contributed by atoms with Gasteiger partial charge in [0.05, 0.1) is 0 Å². The van der Waals surface area contributed by atoms with Gasteiger partial charge in [-0.3, -0.25) is 0 Å². The van der Waals surface area contributed by atoms with Gasteiger partial charge in [0.15, 0.2) is 0 Å². The second-order valence-corrected chi connectivity index (χ2v) is 3.98. The Balaban J connectivity index is 2.01. The molecule has 0 atom stereocenters. The summed E-state index contributed by atoms with van der Waals surface area (Å²) in [6.45, 7) is 0. The lowest BCUT2D eigenvalue weighted by Gasteiger charge is -2.06. The Hall–Kier alpha value is -2.09. The molecule has 0 aliphatic heterocycles. The molecular weight excluding hydrogens is 210 g/mol. The van der Waals surface area contributed by atoms with Crippen molar-refractivity contribution in [1.29, 1.82) is 5.41 Å². The van der Waals surface area contributed by atoms with E-state index in [0.717, 1.165) is 6.42 Å². The zero-order valence-electron chi connectivity index (χ0n) is 9.56. The predicted octanol–water partition coefficient (Wildman–Crippen LogP) is 3.39. The van der Waals surface area contributed by atoms with E-state index >= 15 is 0 Å². The maximum absolute atomic E-state index is 9.64. The first-order valence-corrected chi connectivity index (χ1v) is 5.67. The van der Waals surface area contributed by atoms with Crippen LogP contribution in [-0.2, 0) is 6.42 Å². The fourth-order valence-electron chi connectivity index (χ4n) is 1.78. The van der Waals surface area contributed by atoms with Crippen LogP contribution in [0.5, 0.6) is 5.75 Å². The molecule has 0 unspecified atom stereocenters. The molecule has 17 heavy (non-hydrogen) atoms. The van der Waals surface area contributed by atoms with Crippen LogP contribution < -0.4 is 0 Å². The second kappa shape index (κ2) is 5.30. The molecule has 86 valence electrons. The molecule has 2 nitrogen and oxygen atoms in total. The van der Waals surface area contributed by atoms with Gasteiger partial charge in [-0.05, 0) is 30.5 Å². The lowest BCUT2D eigenvalue weighted by atomic mass is 10.0. The molecule has 0 radical (unpaired) electrons. The van der Waals surface area contributed by atoms with Crippen molar-refractivity contribution >= 4 is 5.71 Å². The lowest BCUT2D eigenvalue weighted by Crippen LogP contribution is -2.01. The summed E-state index contributed by atoms with van der Waals surface area (Å²) >= 11 is 0. The fraction of sp³-hybridized carbons (Fsp3) is 0.133. The number of phenols is 1. The average molecular weight is 225 g/mol. The van der Waals surface area contributed by atoms with Crippen LogP contribution in [0.4, 0.5) is 0 Å². The molecule has 0 aliphatic rings. The number of nitrogens with one attached hydrogen (secondary N) is 1. The zero-order chi connectivity index (χ0) is 12.1. The molecule has 2 heteroatoms. The van der Waals surface area contributed by atoms with E-state index in [9.17, 15) is 5.11 Å². The van der Waals surface area contributed by atoms with Crippen LogP contribution in [0.1, 0.15) is 17.5 Å². The first kappa shape index (κ1) is 11.4. The van der Waals surface area contributed by atoms with E-state index in [2.05, 4.69) is 12.1 Å². The lowest BCUT2D eigenvalue weighted by molar-refractivity contribution is 0.474. The van der Waals surface area contributed by atoms with E-state index in [-0.39, 0.29) is 5.75 Å². The van der Waals surface area contributed by atoms with Crippen LogP contribution in [0.25, 0.3) is 0 Å². The summed E-state index contributed by atoms with van der Waals surface area (Å²) in [5, 5.41) is 17.6. The molecule has 0 saturated heterocycles. The average Bonchev–Trinajstić information content (AvgIpc) is 2.38. The van der Waals surface area contributed by atoms with Crippen molar-refractivity contribution in [2.45, 2.75) is 12.8 Å². The molecule has 2 rings (SSSR count). The molecular formula is C15H15NO. The van der Waals surface area contributed by atoms with Gasteiger partial charge in [0.2, 0.25) is 0 Å². The molecule has 0 aromatic heterocycles. The smallest absolute Gasteiger partial charge is 0.124 e. The maximum Gasteiger partial charge on any atom is 0.124 e. The van der Waals surface area contributed by atoms with Crippen LogP contribution >= 0.6 is 0 Å². The van der Waals surface area contributed by atoms with E-state index in [1.165, 1.54) is 5.56 Å². The Kier molecular flexibility index (Phi) is 3.55. The van der Waals surface area contributed by atoms with Crippen molar-refractivity contribution in [3.8, 4) is 5.75 Å². The van der Waals surface area contributed by atoms with E-state index in [1.807, 2.05) is 24.3 Å². The molecule has 2 aromatic rings. The van der Waals surface area contributed by atoms with E-state index in [1.54, 1.807) is 18.2 Å². The van der Waals surface area contributed by atoms with E-state index < -0.39 is 0 Å². The van der Waals surface area contributed by atoms with Crippen molar-refractivity contribution in [3.63, 3.8) is 0 Å². The van der Waals surface area contributed by atoms with Crippen molar-refractivity contribution in [3.05, 3.63) is 65.7 Å². The highest BCUT2D eigenvalue weighted by Crippen LogP contribution is 2.18. The standard InChI is InChI=1S/C15H15NO/c16-14(13-8-4-5-9-15(13)17)11-10-12-6-2-1-3-7-12/h1-9,16-17H,10-11H2. The minimum Gasteiger partial charge on any atom is -0.507 e. The molecule has 0 bridgehead atoms. The van der Waals surface area contributed by atoms with Gasteiger partial charge in [-0.15, -0.1) is 0 Å². The SMILES string of the molecule is N=C(CCc1ccccc1)c1ccccc1O. The zero-order valence-corrected chi connectivity index (χ0v) is 9.56. The van der Waals surface area contributed by atoms with Crippen LogP contribution in [0.15, 0.2) is 54.6 Å². The fourth-order valence-corrected chi connectivity index (χ4v) is 1.78. The van der Waals surface area contributed by atoms with E-state index in [0.29, 0.717) is 17.7 Å². The summed E-state index contributed by atoms with van der Waals surface area (Å²) < 4.78 is 0. The van der Waals surface area contributed by atoms with Crippen molar-refractivity contribution in [2.75, 3.05) is 0 Å². The second-order valence-electron chi connectivity index (χ2n) is 3.98. The Morgan fingerprint density at radius 3 is 2.29 bits per heavy atom. The Bertz CT molecular complexity index is 505. The summed E-state index contributed by atoms with van der Waals surface area (Å²) in [7, 11) is 0. The molecule has 0 amide bonds. The largest absolute Gasteiger partial charge is 0.507 e. The van der Waals surface area contributed by atoms with Gasteiger partial charge >= 0.3 is 0 Å². The van der Waals surface area contributed by atoms with Crippen LogP contribution in [-0.4, -0.2) is 10.8 Å². The highest BCUT2D eigenvalue weighted by molar-refractivity contribution is 6.00. The number of para-hydroxylation sites is 1. The van der Waals surface area contributed by atoms with E-state index in [4.69, 9.17) is 5.41 Å². The Morgan fingerprint density at radius 1 is 0.941 bits per heavy atom. The van der Waals surface area contributed by atoms with Crippen molar-refractivity contribution < 1.29 is 5.11 Å². The third kappa shape index (κ3) is 2.94. The predicted molar refractivity (Wildman–Crippen MR) is 69.7 cm³/mol. The van der Waals surface area contributed by atoms with Gasteiger partial charge in [0, 0.05) is 11.3 Å². The maximum atomic E-state index is 9.64. The third-order valence-corrected chi connectivity index (χ3v) is 2.74. The molecule has 2 aromatic carbocycles. The quantitative estimate of drug-likeness (QED) is 0.769. The molecule has 0 spiro atoms. The van der Waals surface area contributed by atoms with Gasteiger partial charge < -0.3 is 10.5 Å². The number of hydrogen-bond donors (Lipinski definition) is 2. The number of phenolic OH excluding ortho intramolecular Hbond substituents is 1. The monoisotopic (exact) mass is 225 g/mol. The first-order chi connectivity index (χ1) is 8.27. The summed E-state index contributed by atoms with van der Waals surface area (Å²) in [6, 6.07) is 17.1. The number of aryl methyl sites for hydroxylation is 1. The number of benzene rings is 2. The van der Waals surface area contributed by atoms with Crippen LogP contribution in [0, 0.1) is 5.41 Å². The molecule has 0 aliphatic carbocycles. The number of rotatable bonds is 4. The number of aromatic hydroxyl groups is 1. The highest BCUT2D eigenvalue weighted by Gasteiger charge is 2.06. The summed E-state index contributed by atoms with van der Waals surface area (Å²) in [6.07, 6.45) is 1.47. The summed E-state index contributed by atoms with van der Waals surface area (Å²) in [5.74, 6) is 0.186. The van der Waals surface area contributed by atoms with Crippen molar-refractivity contribution in [2.24, 2.45) is 0 Å². The van der Waals surface area contributed by atoms with Crippen molar-refractivity contribution in [1.82, 2.24) is 0 Å². The van der Waals surface area contributed by atoms with Gasteiger partial charge in [0.25, 0.3) is 0 Å². The first-order valence-electron chi connectivity index (χ1n) is 5.67. The third-order valence-electron chi connectivity index (χ3n) is 2.74. The minimum atomic E-state index is 0.186. The van der Waals surface area contributed by atoms with Crippen LogP contribution in [0.3, 0.4) is 0 Å². The van der Waals surface area contributed by atoms with Crippen LogP contribution in [0.2, 0.25) is 0 Å². The summed E-state index contributed by atoms with van der Waals surface area (Å²) in [4.78, 5) is 0. The van der Waals surface area contributed by atoms with Gasteiger partial charge in [0.1, 0.15) is 5.75 Å². The van der Waals surface area contributed by atoms with Gasteiger partial charge in [-0.1, -0.05) is 42.5 Å². The molecule has 2 N–H and O–H groups in total. The molecule has 0 heterocycles. The summed E-state index contributed by atoms with van der Waals surface area (Å²) in [5.41, 5.74) is 2.32. The molecule has 0 fully saturated rings. The normalized spacial score (nSPS) is 10.1. The Morgan fingerprint density at radius 2 is 1.59 bits per heavy atom. The number of hydrogen-bond acceptors (Lipinski definition) is 2. The minimum absolute atomic E-state index is 0.186. The van der Waals surface area contributed by atoms with Gasteiger partial charge in [-0.25, -0.2) is 0 Å².